The molecule has 3 aromatic rings. The number of nitrogens with two attached hydrogens (primary N) is 1. The first-order valence-electron chi connectivity index (χ1n) is 12.8. The van der Waals surface area contributed by atoms with Crippen LogP contribution in [0, 0.1) is 0 Å². The summed E-state index contributed by atoms with van der Waals surface area (Å²) in [6.07, 6.45) is 7.05. The summed E-state index contributed by atoms with van der Waals surface area (Å²) in [5, 5.41) is 7.97. The lowest BCUT2D eigenvalue weighted by Crippen LogP contribution is -2.45. The fourth-order valence-electron chi connectivity index (χ4n) is 4.84. The van der Waals surface area contributed by atoms with Crippen molar-refractivity contribution in [3.05, 3.63) is 71.3 Å². The topological polar surface area (TPSA) is 107 Å². The Morgan fingerprint density at radius 1 is 1.11 bits per heavy atom. The third-order valence-corrected chi connectivity index (χ3v) is 6.90. The number of rotatable bonds is 7. The van der Waals surface area contributed by atoms with E-state index in [1.807, 2.05) is 51.4 Å². The van der Waals surface area contributed by atoms with E-state index in [1.54, 1.807) is 6.20 Å². The highest BCUT2D eigenvalue weighted by Crippen LogP contribution is 2.46. The molecule has 37 heavy (non-hydrogen) atoms. The number of nitrogens with zero attached hydrogens (tertiary/aromatic N) is 6. The molecule has 2 aromatic heterocycles. The van der Waals surface area contributed by atoms with Gasteiger partial charge >= 0.3 is 0 Å². The van der Waals surface area contributed by atoms with Crippen molar-refractivity contribution in [2.24, 2.45) is 5.73 Å². The fraction of sp³-hybridized carbons (Fsp3) is 0.393. The lowest BCUT2D eigenvalue weighted by atomic mass is 9.91. The molecule has 0 spiro atoms. The Kier molecular flexibility index (Phi) is 6.99. The molecule has 1 fully saturated rings. The maximum atomic E-state index is 6.38. The van der Waals surface area contributed by atoms with Gasteiger partial charge in [0.15, 0.2) is 0 Å². The smallest absolute Gasteiger partial charge is 0.131 e. The van der Waals surface area contributed by atoms with Gasteiger partial charge in [-0.15, -0.1) is 0 Å². The second-order valence-electron chi connectivity index (χ2n) is 10.1. The SMILES string of the molecule is CCN1CCN(Cc2cncc([N-]c3ncc4c(n3)C(C)(C)Oc3cc(N/C(C)=C\N)ccc3-4)c2)CC1. The number of piperazine rings is 1. The van der Waals surface area contributed by atoms with E-state index in [2.05, 4.69) is 38.1 Å². The summed E-state index contributed by atoms with van der Waals surface area (Å²) in [6, 6.07) is 8.06. The summed E-state index contributed by atoms with van der Waals surface area (Å²) >= 11 is 0. The molecule has 0 saturated carbocycles. The zero-order chi connectivity index (χ0) is 26.0. The first-order chi connectivity index (χ1) is 17.8. The van der Waals surface area contributed by atoms with E-state index < -0.39 is 5.60 Å². The van der Waals surface area contributed by atoms with Crippen molar-refractivity contribution in [3.63, 3.8) is 0 Å². The average Bonchev–Trinajstić information content (AvgIpc) is 2.89. The van der Waals surface area contributed by atoms with Crippen molar-refractivity contribution in [2.45, 2.75) is 39.8 Å². The van der Waals surface area contributed by atoms with Gasteiger partial charge in [-0.1, -0.05) is 6.92 Å². The lowest BCUT2D eigenvalue weighted by molar-refractivity contribution is 0.101. The molecule has 0 atom stereocenters. The minimum Gasteiger partial charge on any atom is -0.482 e. The number of hydrogen-bond acceptors (Lipinski definition) is 8. The molecule has 194 valence electrons. The zero-order valence-electron chi connectivity index (χ0n) is 22.0. The molecular weight excluding hydrogens is 464 g/mol. The second kappa shape index (κ2) is 10.4. The predicted octanol–water partition coefficient (Wildman–Crippen LogP) is 4.87. The van der Waals surface area contributed by atoms with Crippen molar-refractivity contribution >= 4 is 17.3 Å². The molecule has 0 bridgehead atoms. The second-order valence-corrected chi connectivity index (χ2v) is 10.1. The Labute approximate surface area is 218 Å². The summed E-state index contributed by atoms with van der Waals surface area (Å²) in [5.74, 6) is 1.17. The van der Waals surface area contributed by atoms with Gasteiger partial charge in [0.2, 0.25) is 0 Å². The van der Waals surface area contributed by atoms with E-state index in [4.69, 9.17) is 20.8 Å². The molecule has 4 heterocycles. The van der Waals surface area contributed by atoms with Crippen molar-refractivity contribution in [2.75, 3.05) is 38.0 Å². The minimum atomic E-state index is -0.645. The van der Waals surface area contributed by atoms with Gasteiger partial charge in [0.25, 0.3) is 0 Å². The number of fused-ring (bicyclic) bond motifs is 3. The predicted molar refractivity (Wildman–Crippen MR) is 147 cm³/mol. The summed E-state index contributed by atoms with van der Waals surface area (Å²) in [7, 11) is 0. The van der Waals surface area contributed by atoms with Crippen molar-refractivity contribution in [3.8, 4) is 16.9 Å². The molecule has 1 aromatic carbocycles. The number of benzene rings is 1. The van der Waals surface area contributed by atoms with Gasteiger partial charge in [0.1, 0.15) is 11.4 Å². The highest BCUT2D eigenvalue weighted by Gasteiger charge is 2.32. The quantitative estimate of drug-likeness (QED) is 0.474. The van der Waals surface area contributed by atoms with E-state index in [0.29, 0.717) is 5.95 Å². The van der Waals surface area contributed by atoms with E-state index in [0.717, 1.165) is 84.5 Å². The molecule has 3 N–H and O–H groups in total. The molecule has 0 radical (unpaired) electrons. The summed E-state index contributed by atoms with van der Waals surface area (Å²) in [4.78, 5) is 18.8. The van der Waals surface area contributed by atoms with Gasteiger partial charge < -0.3 is 36.0 Å². The Morgan fingerprint density at radius 3 is 2.65 bits per heavy atom. The van der Waals surface area contributed by atoms with Crippen LogP contribution in [0.5, 0.6) is 5.75 Å². The van der Waals surface area contributed by atoms with Gasteiger partial charge in [0.05, 0.1) is 0 Å². The lowest BCUT2D eigenvalue weighted by Gasteiger charge is -2.37. The maximum Gasteiger partial charge on any atom is 0.131 e. The van der Waals surface area contributed by atoms with Crippen LogP contribution in [0.4, 0.5) is 17.3 Å². The van der Waals surface area contributed by atoms with Crippen LogP contribution < -0.4 is 15.8 Å². The number of aromatic nitrogens is 3. The normalized spacial score (nSPS) is 17.5. The van der Waals surface area contributed by atoms with Crippen LogP contribution in [0.25, 0.3) is 16.4 Å². The number of hydrogen-bond donors (Lipinski definition) is 2. The highest BCUT2D eigenvalue weighted by molar-refractivity contribution is 5.78. The number of ether oxygens (including phenoxy) is 1. The molecule has 0 amide bonds. The highest BCUT2D eigenvalue weighted by atomic mass is 16.5. The summed E-state index contributed by atoms with van der Waals surface area (Å²) < 4.78 is 6.38. The Balaban J connectivity index is 1.34. The number of anilines is 1. The van der Waals surface area contributed by atoms with Crippen LogP contribution in [0.1, 0.15) is 39.0 Å². The Hall–Kier alpha value is -3.69. The largest absolute Gasteiger partial charge is 0.482 e. The van der Waals surface area contributed by atoms with Gasteiger partial charge in [-0.3, -0.25) is 9.88 Å². The van der Waals surface area contributed by atoms with Crippen LogP contribution >= 0.6 is 0 Å². The fourth-order valence-corrected chi connectivity index (χ4v) is 4.84. The van der Waals surface area contributed by atoms with E-state index in [9.17, 15) is 0 Å². The van der Waals surface area contributed by atoms with Gasteiger partial charge in [-0.25, -0.2) is 0 Å². The first-order valence-corrected chi connectivity index (χ1v) is 12.8. The molecule has 5 rings (SSSR count). The molecule has 2 aliphatic rings. The van der Waals surface area contributed by atoms with Crippen molar-refractivity contribution in [1.82, 2.24) is 24.8 Å². The minimum absolute atomic E-state index is 0.399. The van der Waals surface area contributed by atoms with Gasteiger partial charge in [-0.2, -0.15) is 0 Å². The standard InChI is InChI=1S/C28H35N8O/c1-5-35-8-10-36(11-9-35)18-20-12-22(16-30-15-20)33-27-31-17-24-23-7-6-21(32-19(2)14-29)13-25(23)37-28(3,4)26(24)34-27/h6-7,12-17,32H,5,8-11,18,29H2,1-4H3/q-1/b19-14-. The molecule has 9 heteroatoms. The number of allylic oxidation sites excluding steroid dienone is 1. The molecule has 0 aliphatic carbocycles. The van der Waals surface area contributed by atoms with Gasteiger partial charge in [0, 0.05) is 91.7 Å². The monoisotopic (exact) mass is 499 g/mol. The van der Waals surface area contributed by atoms with Crippen LogP contribution in [0.15, 0.2) is 54.8 Å². The third-order valence-electron chi connectivity index (χ3n) is 6.90. The molecule has 1 saturated heterocycles. The first kappa shape index (κ1) is 25.0. The van der Waals surface area contributed by atoms with E-state index in [1.165, 1.54) is 6.20 Å². The van der Waals surface area contributed by atoms with Crippen LogP contribution in [-0.4, -0.2) is 57.5 Å². The van der Waals surface area contributed by atoms with E-state index in [-0.39, 0.29) is 0 Å². The molecule has 2 aliphatic heterocycles. The van der Waals surface area contributed by atoms with Crippen LogP contribution in [0.3, 0.4) is 0 Å². The number of likely N-dealkylation sites (N-methyl/N-ethyl adjacent to an activating group) is 1. The third kappa shape index (κ3) is 5.52. The van der Waals surface area contributed by atoms with Crippen molar-refractivity contribution in [1.29, 1.82) is 0 Å². The van der Waals surface area contributed by atoms with Crippen molar-refractivity contribution < 1.29 is 4.74 Å². The Bertz CT molecular complexity index is 1300. The summed E-state index contributed by atoms with van der Waals surface area (Å²) in [6.45, 7) is 14.5. The van der Waals surface area contributed by atoms with E-state index >= 15 is 0 Å². The Morgan fingerprint density at radius 2 is 1.89 bits per heavy atom. The maximum absolute atomic E-state index is 6.38. The number of nitrogens with one attached hydrogen (secondary N) is 1. The molecule has 9 nitrogen and oxygen atoms in total. The average molecular weight is 500 g/mol. The number of pyridine rings is 1. The van der Waals surface area contributed by atoms with Gasteiger partial charge in [-0.05, 0) is 62.8 Å². The zero-order valence-corrected chi connectivity index (χ0v) is 22.0. The van der Waals surface area contributed by atoms with Crippen LogP contribution in [0.2, 0.25) is 0 Å². The summed E-state index contributed by atoms with van der Waals surface area (Å²) in [5.41, 5.74) is 11.3. The molecular formula is C28H35N8O-. The molecule has 0 unspecified atom stereocenters. The van der Waals surface area contributed by atoms with Crippen LogP contribution in [-0.2, 0) is 12.1 Å².